The number of carbonyl (C=O) groups excluding carboxylic acids is 2. The summed E-state index contributed by atoms with van der Waals surface area (Å²) in [6.07, 6.45) is 3.38. The first kappa shape index (κ1) is 26.7. The van der Waals surface area contributed by atoms with Gasteiger partial charge in [-0.3, -0.25) is 9.59 Å². The van der Waals surface area contributed by atoms with Gasteiger partial charge in [0, 0.05) is 42.7 Å². The normalized spacial score (nSPS) is 19.6. The number of ether oxygens (including phenoxy) is 1. The van der Waals surface area contributed by atoms with Crippen LogP contribution in [-0.4, -0.2) is 46.9 Å². The maximum Gasteiger partial charge on any atom is 0.251 e. The summed E-state index contributed by atoms with van der Waals surface area (Å²) in [4.78, 5) is 26.5. The fraction of sp³-hybridized carbons (Fsp3) is 0.500. The quantitative estimate of drug-likeness (QED) is 0.592. The molecule has 2 fully saturated rings. The molecule has 2 saturated heterocycles. The van der Waals surface area contributed by atoms with Crippen LogP contribution in [0.25, 0.3) is 0 Å². The van der Waals surface area contributed by atoms with Gasteiger partial charge in [0.25, 0.3) is 5.91 Å². The number of nitrogens with one attached hydrogen (secondary N) is 2. The third kappa shape index (κ3) is 6.50. The van der Waals surface area contributed by atoms with E-state index in [-0.39, 0.29) is 34.9 Å². The Labute approximate surface area is 220 Å². The molecule has 0 atom stereocenters. The summed E-state index contributed by atoms with van der Waals surface area (Å²) >= 11 is 0. The first-order valence-corrected chi connectivity index (χ1v) is 13.1. The predicted octanol–water partition coefficient (Wildman–Crippen LogP) is 5.12. The lowest BCUT2D eigenvalue weighted by Crippen LogP contribution is -2.62. The van der Waals surface area contributed by atoms with Crippen LogP contribution in [0.5, 0.6) is 11.5 Å². The molecule has 2 aromatic carbocycles. The molecule has 7 nitrogen and oxygen atoms in total. The first-order chi connectivity index (χ1) is 17.5. The largest absolute Gasteiger partial charge is 0.456 e. The van der Waals surface area contributed by atoms with E-state index in [1.54, 1.807) is 37.3 Å². The summed E-state index contributed by atoms with van der Waals surface area (Å²) < 4.78 is 6.10. The summed E-state index contributed by atoms with van der Waals surface area (Å²) in [5, 5.41) is 16.8. The Balaban J connectivity index is 1.43. The Morgan fingerprint density at radius 2 is 1.65 bits per heavy atom. The van der Waals surface area contributed by atoms with E-state index in [1.807, 2.05) is 17.0 Å². The number of rotatable bonds is 5. The van der Waals surface area contributed by atoms with E-state index in [4.69, 9.17) is 4.74 Å². The van der Waals surface area contributed by atoms with Crippen LogP contribution in [0.1, 0.15) is 87.7 Å². The molecule has 0 aliphatic carbocycles. The minimum absolute atomic E-state index is 0.0468. The topological polar surface area (TPSA) is 94.5 Å². The average molecular weight is 503 g/mol. The van der Waals surface area contributed by atoms with Gasteiger partial charge in [-0.1, -0.05) is 12.1 Å². The average Bonchev–Trinajstić information content (AvgIpc) is 2.82. The molecule has 196 valence electrons. The van der Waals surface area contributed by atoms with Crippen LogP contribution in [0.15, 0.2) is 42.5 Å². The van der Waals surface area contributed by atoms with Gasteiger partial charge in [-0.2, -0.15) is 5.26 Å². The summed E-state index contributed by atoms with van der Waals surface area (Å²) in [5.74, 6) is 1.29. The molecule has 2 heterocycles. The fourth-order valence-corrected chi connectivity index (χ4v) is 6.09. The van der Waals surface area contributed by atoms with Crippen molar-refractivity contribution in [3.63, 3.8) is 0 Å². The van der Waals surface area contributed by atoms with Gasteiger partial charge in [-0.05, 0) is 95.2 Å². The Morgan fingerprint density at radius 1 is 1.03 bits per heavy atom. The molecule has 0 bridgehead atoms. The fourth-order valence-electron chi connectivity index (χ4n) is 6.09. The number of benzene rings is 2. The molecule has 2 aliphatic heterocycles. The highest BCUT2D eigenvalue weighted by molar-refractivity contribution is 5.94. The van der Waals surface area contributed by atoms with Crippen molar-refractivity contribution in [2.75, 3.05) is 13.1 Å². The molecule has 2 N–H and O–H groups in total. The Morgan fingerprint density at radius 3 is 2.22 bits per heavy atom. The highest BCUT2D eigenvalue weighted by Gasteiger charge is 2.38. The molecular weight excluding hydrogens is 464 g/mol. The molecule has 7 heteroatoms. The van der Waals surface area contributed by atoms with Crippen molar-refractivity contribution in [2.24, 2.45) is 0 Å². The van der Waals surface area contributed by atoms with Crippen molar-refractivity contribution >= 4 is 11.8 Å². The zero-order chi connectivity index (χ0) is 26.8. The lowest BCUT2D eigenvalue weighted by atomic mass is 9.79. The van der Waals surface area contributed by atoms with E-state index < -0.39 is 0 Å². The summed E-state index contributed by atoms with van der Waals surface area (Å²) in [7, 11) is 0. The second kappa shape index (κ2) is 10.5. The summed E-state index contributed by atoms with van der Waals surface area (Å²) in [6.45, 7) is 11.7. The maximum atomic E-state index is 12.9. The monoisotopic (exact) mass is 502 g/mol. The lowest BCUT2D eigenvalue weighted by molar-refractivity contribution is -0.129. The van der Waals surface area contributed by atoms with Crippen LogP contribution in [0.4, 0.5) is 0 Å². The molecule has 2 aliphatic rings. The lowest BCUT2D eigenvalue weighted by Gasteiger charge is -2.46. The molecule has 0 spiro atoms. The number of nitriles is 1. The van der Waals surface area contributed by atoms with Crippen molar-refractivity contribution in [3.05, 3.63) is 59.2 Å². The van der Waals surface area contributed by atoms with Gasteiger partial charge >= 0.3 is 0 Å². The molecule has 0 saturated carbocycles. The molecule has 2 amide bonds. The molecule has 0 unspecified atom stereocenters. The van der Waals surface area contributed by atoms with Crippen LogP contribution in [0.2, 0.25) is 0 Å². The number of hydrogen-bond acceptors (Lipinski definition) is 5. The summed E-state index contributed by atoms with van der Waals surface area (Å²) in [6, 6.07) is 15.2. The highest BCUT2D eigenvalue weighted by Crippen LogP contribution is 2.36. The third-order valence-electron chi connectivity index (χ3n) is 7.42. The van der Waals surface area contributed by atoms with Gasteiger partial charge in [0.2, 0.25) is 5.91 Å². The molecule has 0 aromatic heterocycles. The second-order valence-corrected chi connectivity index (χ2v) is 11.7. The van der Waals surface area contributed by atoms with Gasteiger partial charge in [0.15, 0.2) is 0 Å². The third-order valence-corrected chi connectivity index (χ3v) is 7.42. The standard InChI is InChI=1S/C30H38N4O3/c1-20(35)34-15-13-21(14-16-34)25-7-6-8-27(26(25)19-31)37-24-11-9-22(10-12-24)28(36)32-23-17-29(2,3)33-30(4,5)18-23/h6-12,21,23,33H,13-18H2,1-5H3,(H,32,36). The van der Waals surface area contributed by atoms with E-state index in [9.17, 15) is 14.9 Å². The zero-order valence-corrected chi connectivity index (χ0v) is 22.6. The Hall–Kier alpha value is -3.37. The van der Waals surface area contributed by atoms with E-state index >= 15 is 0 Å². The van der Waals surface area contributed by atoms with Gasteiger partial charge < -0.3 is 20.3 Å². The van der Waals surface area contributed by atoms with Gasteiger partial charge in [0.1, 0.15) is 17.6 Å². The van der Waals surface area contributed by atoms with Gasteiger partial charge in [-0.15, -0.1) is 0 Å². The van der Waals surface area contributed by atoms with Crippen LogP contribution in [0.3, 0.4) is 0 Å². The van der Waals surface area contributed by atoms with Gasteiger partial charge in [-0.25, -0.2) is 0 Å². The van der Waals surface area contributed by atoms with E-state index in [0.29, 0.717) is 35.7 Å². The molecule has 4 rings (SSSR count). The van der Waals surface area contributed by atoms with Gasteiger partial charge in [0.05, 0.1) is 5.56 Å². The maximum absolute atomic E-state index is 12.9. The van der Waals surface area contributed by atoms with Crippen molar-refractivity contribution in [1.29, 1.82) is 5.26 Å². The van der Waals surface area contributed by atoms with Crippen molar-refractivity contribution in [2.45, 2.75) is 83.3 Å². The zero-order valence-electron chi connectivity index (χ0n) is 22.6. The van der Waals surface area contributed by atoms with E-state index in [1.165, 1.54) is 0 Å². The van der Waals surface area contributed by atoms with E-state index in [2.05, 4.69) is 44.4 Å². The van der Waals surface area contributed by atoms with Crippen molar-refractivity contribution < 1.29 is 14.3 Å². The molecule has 0 radical (unpaired) electrons. The number of nitrogens with zero attached hydrogens (tertiary/aromatic N) is 2. The minimum Gasteiger partial charge on any atom is -0.456 e. The smallest absolute Gasteiger partial charge is 0.251 e. The summed E-state index contributed by atoms with van der Waals surface area (Å²) in [5.41, 5.74) is 1.98. The van der Waals surface area contributed by atoms with Crippen molar-refractivity contribution in [3.8, 4) is 17.6 Å². The highest BCUT2D eigenvalue weighted by atomic mass is 16.5. The van der Waals surface area contributed by atoms with E-state index in [0.717, 1.165) is 31.2 Å². The minimum atomic E-state index is -0.0957. The number of amides is 2. The molecular formula is C30H38N4O3. The Kier molecular flexibility index (Phi) is 7.61. The van der Waals surface area contributed by atoms with Crippen LogP contribution >= 0.6 is 0 Å². The molecule has 37 heavy (non-hydrogen) atoms. The van der Waals surface area contributed by atoms with Crippen LogP contribution in [0, 0.1) is 11.3 Å². The second-order valence-electron chi connectivity index (χ2n) is 11.7. The van der Waals surface area contributed by atoms with Crippen molar-refractivity contribution in [1.82, 2.24) is 15.5 Å². The first-order valence-electron chi connectivity index (χ1n) is 13.1. The molecule has 2 aromatic rings. The number of piperidine rings is 2. The SMILES string of the molecule is CC(=O)N1CCC(c2cccc(Oc3ccc(C(=O)NC4CC(C)(C)NC(C)(C)C4)cc3)c2C#N)CC1. The van der Waals surface area contributed by atoms with Crippen LogP contribution < -0.4 is 15.4 Å². The Bertz CT molecular complexity index is 1170. The predicted molar refractivity (Wildman–Crippen MR) is 144 cm³/mol. The number of likely N-dealkylation sites (tertiary alicyclic amines) is 1. The van der Waals surface area contributed by atoms with Crippen LogP contribution in [-0.2, 0) is 4.79 Å². The number of carbonyl (C=O) groups is 2. The number of hydrogen-bond donors (Lipinski definition) is 2.